The van der Waals surface area contributed by atoms with E-state index >= 15 is 0 Å². The zero-order valence-electron chi connectivity index (χ0n) is 16.2. The zero-order valence-corrected chi connectivity index (χ0v) is 16.2. The summed E-state index contributed by atoms with van der Waals surface area (Å²) in [5.74, 6) is 0.603. The number of anilines is 1. The normalized spacial score (nSPS) is 15.4. The summed E-state index contributed by atoms with van der Waals surface area (Å²) in [5, 5.41) is 12.5. The molecule has 0 heterocycles. The maximum Gasteiger partial charge on any atom is 0.235 e. The fraction of sp³-hybridized carbons (Fsp3) is 0.391. The van der Waals surface area contributed by atoms with Crippen molar-refractivity contribution in [2.45, 2.75) is 58.0 Å². The van der Waals surface area contributed by atoms with Crippen LogP contribution in [0.2, 0.25) is 0 Å². The maximum absolute atomic E-state index is 13.3. The summed E-state index contributed by atoms with van der Waals surface area (Å²) in [4.78, 5) is 13.3. The molecule has 0 radical (unpaired) electrons. The van der Waals surface area contributed by atoms with Crippen LogP contribution in [0.3, 0.4) is 0 Å². The van der Waals surface area contributed by atoms with Crippen LogP contribution in [0.1, 0.15) is 56.2 Å². The molecule has 0 aliphatic heterocycles. The van der Waals surface area contributed by atoms with Gasteiger partial charge in [0.1, 0.15) is 11.8 Å². The molecule has 4 heteroatoms. The average molecular weight is 362 g/mol. The third-order valence-corrected chi connectivity index (χ3v) is 5.23. The van der Waals surface area contributed by atoms with E-state index in [0.717, 1.165) is 31.2 Å². The molecule has 2 aromatic carbocycles. The Balaban J connectivity index is 1.89. The van der Waals surface area contributed by atoms with E-state index in [9.17, 15) is 10.1 Å². The quantitative estimate of drug-likeness (QED) is 0.804. The number of nitrogens with one attached hydrogen (secondary N) is 1. The van der Waals surface area contributed by atoms with Crippen LogP contribution in [0.5, 0.6) is 5.75 Å². The van der Waals surface area contributed by atoms with Crippen molar-refractivity contribution in [1.82, 2.24) is 0 Å². The molecule has 0 atom stereocenters. The third-order valence-electron chi connectivity index (χ3n) is 5.23. The third kappa shape index (κ3) is 3.98. The lowest BCUT2D eigenvalue weighted by Crippen LogP contribution is -2.38. The molecule has 2 aromatic rings. The first-order valence-electron chi connectivity index (χ1n) is 9.54. The Labute approximate surface area is 161 Å². The molecule has 1 aliphatic rings. The van der Waals surface area contributed by atoms with Crippen molar-refractivity contribution in [1.29, 1.82) is 5.26 Å². The first-order valence-corrected chi connectivity index (χ1v) is 9.54. The van der Waals surface area contributed by atoms with Gasteiger partial charge in [-0.15, -0.1) is 0 Å². The Morgan fingerprint density at radius 3 is 2.41 bits per heavy atom. The van der Waals surface area contributed by atoms with Gasteiger partial charge in [0.2, 0.25) is 5.91 Å². The number of hydrogen-bond donors (Lipinski definition) is 1. The molecule has 3 rings (SSSR count). The summed E-state index contributed by atoms with van der Waals surface area (Å²) in [7, 11) is 0. The van der Waals surface area contributed by atoms with Gasteiger partial charge < -0.3 is 10.1 Å². The van der Waals surface area contributed by atoms with Gasteiger partial charge in [0.15, 0.2) is 0 Å². The smallest absolute Gasteiger partial charge is 0.235 e. The second-order valence-electron chi connectivity index (χ2n) is 7.60. The molecule has 0 unspecified atom stereocenters. The van der Waals surface area contributed by atoms with Crippen LogP contribution in [0, 0.1) is 18.3 Å². The number of carbonyl (C=O) groups is 1. The van der Waals surface area contributed by atoms with Gasteiger partial charge in [0.05, 0.1) is 22.8 Å². The summed E-state index contributed by atoms with van der Waals surface area (Å²) in [5.41, 5.74) is 2.67. The molecule has 0 spiro atoms. The van der Waals surface area contributed by atoms with Gasteiger partial charge in [-0.1, -0.05) is 42.7 Å². The second kappa shape index (κ2) is 7.84. The lowest BCUT2D eigenvalue weighted by molar-refractivity contribution is -0.121. The SMILES string of the molecule is Cc1ccc(C2(C(=O)Nc3ccc(OC(C)C)cc3C#N)CCCC2)cc1. The number of aryl methyl sites for hydroxylation is 1. The van der Waals surface area contributed by atoms with Crippen LogP contribution in [0.4, 0.5) is 5.69 Å². The molecule has 27 heavy (non-hydrogen) atoms. The van der Waals surface area contributed by atoms with Crippen molar-refractivity contribution < 1.29 is 9.53 Å². The summed E-state index contributed by atoms with van der Waals surface area (Å²) < 4.78 is 5.65. The fourth-order valence-corrected chi connectivity index (χ4v) is 3.81. The van der Waals surface area contributed by atoms with Gasteiger partial charge in [-0.25, -0.2) is 0 Å². The van der Waals surface area contributed by atoms with Gasteiger partial charge >= 0.3 is 0 Å². The molecular formula is C23H26N2O2. The van der Waals surface area contributed by atoms with Crippen LogP contribution in [-0.2, 0) is 10.2 Å². The monoisotopic (exact) mass is 362 g/mol. The van der Waals surface area contributed by atoms with E-state index in [1.807, 2.05) is 20.8 Å². The average Bonchev–Trinajstić information content (AvgIpc) is 3.14. The van der Waals surface area contributed by atoms with Crippen molar-refractivity contribution in [2.75, 3.05) is 5.32 Å². The molecule has 1 fully saturated rings. The Hall–Kier alpha value is -2.80. The molecule has 0 aromatic heterocycles. The lowest BCUT2D eigenvalue weighted by Gasteiger charge is -2.28. The van der Waals surface area contributed by atoms with Crippen molar-refractivity contribution in [3.05, 3.63) is 59.2 Å². The van der Waals surface area contributed by atoms with E-state index < -0.39 is 5.41 Å². The molecule has 1 N–H and O–H groups in total. The predicted molar refractivity (Wildman–Crippen MR) is 107 cm³/mol. The Morgan fingerprint density at radius 2 is 1.81 bits per heavy atom. The molecular weight excluding hydrogens is 336 g/mol. The number of amides is 1. The number of ether oxygens (including phenoxy) is 1. The van der Waals surface area contributed by atoms with Gasteiger partial charge in [-0.2, -0.15) is 5.26 Å². The lowest BCUT2D eigenvalue weighted by atomic mass is 9.77. The molecule has 140 valence electrons. The number of nitrogens with zero attached hydrogens (tertiary/aromatic N) is 1. The highest BCUT2D eigenvalue weighted by Gasteiger charge is 2.42. The van der Waals surface area contributed by atoms with Crippen LogP contribution in [0.15, 0.2) is 42.5 Å². The molecule has 1 aliphatic carbocycles. The minimum atomic E-state index is -0.520. The Kier molecular flexibility index (Phi) is 5.51. The van der Waals surface area contributed by atoms with Gasteiger partial charge in [0, 0.05) is 6.07 Å². The van der Waals surface area contributed by atoms with Crippen molar-refractivity contribution in [3.8, 4) is 11.8 Å². The summed E-state index contributed by atoms with van der Waals surface area (Å²) in [6.07, 6.45) is 3.76. The molecule has 1 saturated carbocycles. The highest BCUT2D eigenvalue weighted by atomic mass is 16.5. The van der Waals surface area contributed by atoms with Crippen LogP contribution in [0.25, 0.3) is 0 Å². The summed E-state index contributed by atoms with van der Waals surface area (Å²) in [6.45, 7) is 5.92. The van der Waals surface area contributed by atoms with Crippen molar-refractivity contribution in [3.63, 3.8) is 0 Å². The van der Waals surface area contributed by atoms with Gasteiger partial charge in [-0.3, -0.25) is 4.79 Å². The first kappa shape index (κ1) is 19.0. The minimum Gasteiger partial charge on any atom is -0.491 e. The Morgan fingerprint density at radius 1 is 1.15 bits per heavy atom. The molecule has 0 saturated heterocycles. The fourth-order valence-electron chi connectivity index (χ4n) is 3.81. The standard InChI is InChI=1S/C23H26N2O2/c1-16(2)27-20-10-11-21(18(14-20)15-24)25-22(26)23(12-4-5-13-23)19-8-6-17(3)7-9-19/h6-11,14,16H,4-5,12-13H2,1-3H3,(H,25,26). The van der Waals surface area contributed by atoms with Crippen LogP contribution in [-0.4, -0.2) is 12.0 Å². The second-order valence-corrected chi connectivity index (χ2v) is 7.60. The van der Waals surface area contributed by atoms with E-state index in [0.29, 0.717) is 17.0 Å². The predicted octanol–water partition coefficient (Wildman–Crippen LogP) is 5.10. The minimum absolute atomic E-state index is 0.0280. The molecule has 0 bridgehead atoms. The number of carbonyl (C=O) groups excluding carboxylic acids is 1. The topological polar surface area (TPSA) is 62.1 Å². The number of rotatable bonds is 5. The first-order chi connectivity index (χ1) is 12.9. The molecule has 1 amide bonds. The van der Waals surface area contributed by atoms with Crippen molar-refractivity contribution >= 4 is 11.6 Å². The van der Waals surface area contributed by atoms with Crippen molar-refractivity contribution in [2.24, 2.45) is 0 Å². The van der Waals surface area contributed by atoms with Crippen LogP contribution >= 0.6 is 0 Å². The number of hydrogen-bond acceptors (Lipinski definition) is 3. The largest absolute Gasteiger partial charge is 0.491 e. The zero-order chi connectivity index (χ0) is 19.4. The van der Waals surface area contributed by atoms with Crippen LogP contribution < -0.4 is 10.1 Å². The summed E-state index contributed by atoms with van der Waals surface area (Å²) in [6, 6.07) is 15.6. The summed E-state index contributed by atoms with van der Waals surface area (Å²) >= 11 is 0. The van der Waals surface area contributed by atoms with E-state index in [2.05, 4.69) is 35.7 Å². The van der Waals surface area contributed by atoms with E-state index in [1.165, 1.54) is 5.56 Å². The molecule has 4 nitrogen and oxygen atoms in total. The highest BCUT2D eigenvalue weighted by molar-refractivity contribution is 6.00. The van der Waals surface area contributed by atoms with Gasteiger partial charge in [-0.05, 0) is 51.3 Å². The maximum atomic E-state index is 13.3. The highest BCUT2D eigenvalue weighted by Crippen LogP contribution is 2.42. The van der Waals surface area contributed by atoms with E-state index in [4.69, 9.17) is 4.74 Å². The van der Waals surface area contributed by atoms with E-state index in [-0.39, 0.29) is 12.0 Å². The van der Waals surface area contributed by atoms with Gasteiger partial charge in [0.25, 0.3) is 0 Å². The Bertz CT molecular complexity index is 857. The number of nitriles is 1. The van der Waals surface area contributed by atoms with E-state index in [1.54, 1.807) is 18.2 Å². The number of benzene rings is 2.